The summed E-state index contributed by atoms with van der Waals surface area (Å²) < 4.78 is 27.0. The van der Waals surface area contributed by atoms with E-state index in [0.29, 0.717) is 18.0 Å². The average molecular weight is 730 g/mol. The maximum Gasteiger partial charge on any atom is 0.262 e. The number of ether oxygens (including phenoxy) is 2. The number of likely N-dealkylation sites (N-methyl/N-ethyl adjacent to an activating group) is 1. The fraction of sp³-hybridized carbons (Fsp3) is 0.385. The maximum atomic E-state index is 15.1. The molecular formula is C39H45ClFN7O4. The summed E-state index contributed by atoms with van der Waals surface area (Å²) >= 11 is 6.65. The number of carbonyl (C=O) groups excluding carboxylic acids is 2. The molecule has 3 heterocycles. The van der Waals surface area contributed by atoms with E-state index in [2.05, 4.69) is 37.4 Å². The Kier molecular flexibility index (Phi) is 12.2. The van der Waals surface area contributed by atoms with Gasteiger partial charge in [0.25, 0.3) is 5.91 Å². The van der Waals surface area contributed by atoms with Gasteiger partial charge in [-0.1, -0.05) is 35.9 Å². The number of anilines is 3. The Morgan fingerprint density at radius 1 is 0.942 bits per heavy atom. The Labute approximate surface area is 309 Å². The van der Waals surface area contributed by atoms with Gasteiger partial charge in [-0.05, 0) is 81.1 Å². The molecule has 11 nitrogen and oxygen atoms in total. The predicted octanol–water partition coefficient (Wildman–Crippen LogP) is 6.86. The largest absolute Gasteiger partial charge is 0.490 e. The van der Waals surface area contributed by atoms with Crippen molar-refractivity contribution in [3.63, 3.8) is 0 Å². The number of para-hydroxylation sites is 1. The molecule has 0 spiro atoms. The summed E-state index contributed by atoms with van der Waals surface area (Å²) in [5, 5.41) is 6.21. The van der Waals surface area contributed by atoms with Crippen molar-refractivity contribution in [2.75, 3.05) is 70.1 Å². The van der Waals surface area contributed by atoms with Crippen molar-refractivity contribution in [1.82, 2.24) is 24.7 Å². The highest BCUT2D eigenvalue weighted by Gasteiger charge is 2.22. The summed E-state index contributed by atoms with van der Waals surface area (Å²) in [5.41, 5.74) is 3.64. The molecule has 0 unspecified atom stereocenters. The zero-order chi connectivity index (χ0) is 36.6. The summed E-state index contributed by atoms with van der Waals surface area (Å²) in [6.45, 7) is 10.8. The predicted molar refractivity (Wildman–Crippen MR) is 201 cm³/mol. The maximum absolute atomic E-state index is 15.1. The normalized spacial score (nSPS) is 15.1. The number of amides is 2. The molecule has 2 saturated heterocycles. The highest BCUT2D eigenvalue weighted by atomic mass is 35.5. The van der Waals surface area contributed by atoms with Crippen LogP contribution in [0.1, 0.15) is 46.3 Å². The third-order valence-corrected chi connectivity index (χ3v) is 9.69. The van der Waals surface area contributed by atoms with E-state index < -0.39 is 11.7 Å². The molecule has 2 aliphatic rings. The molecule has 2 fully saturated rings. The number of hydrogen-bond donors (Lipinski definition) is 2. The van der Waals surface area contributed by atoms with Gasteiger partial charge in [0.1, 0.15) is 11.3 Å². The van der Waals surface area contributed by atoms with Gasteiger partial charge in [0.15, 0.2) is 11.6 Å². The van der Waals surface area contributed by atoms with E-state index in [1.165, 1.54) is 12.3 Å². The summed E-state index contributed by atoms with van der Waals surface area (Å²) in [5.74, 6) is -0.550. The first-order valence-corrected chi connectivity index (χ1v) is 18.1. The van der Waals surface area contributed by atoms with Crippen LogP contribution in [0.25, 0.3) is 0 Å². The van der Waals surface area contributed by atoms with Crippen LogP contribution >= 0.6 is 11.6 Å². The third kappa shape index (κ3) is 9.55. The SMILES string of the molecule is Cc1cccc(C)c1NC(=O)c1cnc(Nc2ccc(OCCCN3CCN(C)CC3)c(F)c2)nc1Oc1ccc(CC(=O)N2CCCC2)cc1Cl. The lowest BCUT2D eigenvalue weighted by atomic mass is 10.1. The van der Waals surface area contributed by atoms with Crippen molar-refractivity contribution < 1.29 is 23.5 Å². The molecule has 0 aliphatic carbocycles. The topological polar surface area (TPSA) is 112 Å². The van der Waals surface area contributed by atoms with Gasteiger partial charge < -0.3 is 34.8 Å². The number of nitrogens with zero attached hydrogens (tertiary/aromatic N) is 5. The fourth-order valence-electron chi connectivity index (χ4n) is 6.31. The lowest BCUT2D eigenvalue weighted by Crippen LogP contribution is -2.44. The van der Waals surface area contributed by atoms with Gasteiger partial charge >= 0.3 is 0 Å². The van der Waals surface area contributed by atoms with Crippen LogP contribution in [-0.4, -0.2) is 95.9 Å². The molecule has 13 heteroatoms. The third-order valence-electron chi connectivity index (χ3n) is 9.40. The minimum absolute atomic E-state index is 0.0523. The minimum atomic E-state index is -0.527. The van der Waals surface area contributed by atoms with Gasteiger partial charge in [0, 0.05) is 69.5 Å². The van der Waals surface area contributed by atoms with Crippen molar-refractivity contribution >= 4 is 40.7 Å². The van der Waals surface area contributed by atoms with Crippen LogP contribution in [-0.2, 0) is 11.2 Å². The second kappa shape index (κ2) is 17.2. The smallest absolute Gasteiger partial charge is 0.262 e. The van der Waals surface area contributed by atoms with Crippen LogP contribution < -0.4 is 20.1 Å². The molecule has 6 rings (SSSR count). The van der Waals surface area contributed by atoms with E-state index >= 15 is 4.39 Å². The van der Waals surface area contributed by atoms with Gasteiger partial charge in [-0.3, -0.25) is 9.59 Å². The van der Waals surface area contributed by atoms with Crippen LogP contribution in [0.5, 0.6) is 17.4 Å². The molecule has 52 heavy (non-hydrogen) atoms. The van der Waals surface area contributed by atoms with Crippen LogP contribution in [0.3, 0.4) is 0 Å². The molecule has 0 saturated carbocycles. The molecule has 274 valence electrons. The standard InChI is InChI=1S/C39H45ClFN7O4/c1-26-8-6-9-27(2)36(26)44-37(50)30-25-42-39(43-29-11-13-34(32(41)24-29)51-21-7-14-47-19-17-46(3)18-20-47)45-38(30)52-33-12-10-28(22-31(33)40)23-35(49)48-15-4-5-16-48/h6,8-13,22,24-25H,4-5,7,14-21,23H2,1-3H3,(H,44,50)(H,42,43,45). The van der Waals surface area contributed by atoms with Crippen LogP contribution in [0.2, 0.25) is 5.02 Å². The summed E-state index contributed by atoms with van der Waals surface area (Å²) in [7, 11) is 2.13. The molecule has 2 aliphatic heterocycles. The zero-order valence-corrected chi connectivity index (χ0v) is 30.6. The number of piperazine rings is 1. The zero-order valence-electron chi connectivity index (χ0n) is 29.9. The Bertz CT molecular complexity index is 1880. The highest BCUT2D eigenvalue weighted by Crippen LogP contribution is 2.33. The van der Waals surface area contributed by atoms with Crippen LogP contribution in [0, 0.1) is 19.7 Å². The van der Waals surface area contributed by atoms with Gasteiger partial charge in [0.05, 0.1) is 18.1 Å². The number of rotatable bonds is 13. The number of halogens is 2. The molecule has 0 bridgehead atoms. The Balaban J connectivity index is 1.17. The van der Waals surface area contributed by atoms with E-state index in [-0.39, 0.29) is 46.2 Å². The highest BCUT2D eigenvalue weighted by molar-refractivity contribution is 6.32. The number of aromatic nitrogens is 2. The monoisotopic (exact) mass is 729 g/mol. The van der Waals surface area contributed by atoms with Crippen molar-refractivity contribution in [2.45, 2.75) is 39.5 Å². The molecule has 2 amide bonds. The number of hydrogen-bond acceptors (Lipinski definition) is 9. The van der Waals surface area contributed by atoms with Crippen LogP contribution in [0.15, 0.2) is 60.8 Å². The molecular weight excluding hydrogens is 685 g/mol. The minimum Gasteiger partial charge on any atom is -0.490 e. The number of benzene rings is 3. The van der Waals surface area contributed by atoms with Gasteiger partial charge in [0.2, 0.25) is 17.7 Å². The fourth-order valence-corrected chi connectivity index (χ4v) is 6.55. The first-order valence-electron chi connectivity index (χ1n) is 17.7. The van der Waals surface area contributed by atoms with E-state index in [1.54, 1.807) is 30.3 Å². The number of likely N-dealkylation sites (tertiary alicyclic amines) is 1. The van der Waals surface area contributed by atoms with Crippen molar-refractivity contribution in [1.29, 1.82) is 0 Å². The van der Waals surface area contributed by atoms with Crippen molar-refractivity contribution in [3.8, 4) is 17.4 Å². The Hall–Kier alpha value is -4.78. The second-order valence-corrected chi connectivity index (χ2v) is 13.8. The number of aryl methyl sites for hydroxylation is 2. The lowest BCUT2D eigenvalue weighted by Gasteiger charge is -2.32. The van der Waals surface area contributed by atoms with Gasteiger partial charge in [-0.25, -0.2) is 9.37 Å². The Morgan fingerprint density at radius 3 is 2.38 bits per heavy atom. The molecule has 1 aromatic heterocycles. The molecule has 3 aromatic carbocycles. The first kappa shape index (κ1) is 37.0. The molecule has 0 radical (unpaired) electrons. The summed E-state index contributed by atoms with van der Waals surface area (Å²) in [6, 6.07) is 15.4. The Morgan fingerprint density at radius 2 is 1.67 bits per heavy atom. The van der Waals surface area contributed by atoms with Crippen LogP contribution in [0.4, 0.5) is 21.7 Å². The van der Waals surface area contributed by atoms with Gasteiger partial charge in [-0.15, -0.1) is 0 Å². The number of nitrogens with one attached hydrogen (secondary N) is 2. The molecule has 0 atom stereocenters. The number of carbonyl (C=O) groups is 2. The molecule has 2 N–H and O–H groups in total. The van der Waals surface area contributed by atoms with E-state index in [1.807, 2.05) is 36.9 Å². The second-order valence-electron chi connectivity index (χ2n) is 13.4. The van der Waals surface area contributed by atoms with E-state index in [0.717, 1.165) is 81.8 Å². The lowest BCUT2D eigenvalue weighted by molar-refractivity contribution is -0.129. The summed E-state index contributed by atoms with van der Waals surface area (Å²) in [4.78, 5) is 41.8. The van der Waals surface area contributed by atoms with Crippen molar-refractivity contribution in [2.24, 2.45) is 0 Å². The quantitative estimate of drug-likeness (QED) is 0.143. The first-order chi connectivity index (χ1) is 25.1. The average Bonchev–Trinajstić information content (AvgIpc) is 3.67. The summed E-state index contributed by atoms with van der Waals surface area (Å²) in [6.07, 6.45) is 4.40. The van der Waals surface area contributed by atoms with Crippen molar-refractivity contribution in [3.05, 3.63) is 93.9 Å². The van der Waals surface area contributed by atoms with E-state index in [9.17, 15) is 9.59 Å². The molecule has 4 aromatic rings. The van der Waals surface area contributed by atoms with Gasteiger partial charge in [-0.2, -0.15) is 4.98 Å². The van der Waals surface area contributed by atoms with E-state index in [4.69, 9.17) is 21.1 Å².